The van der Waals surface area contributed by atoms with E-state index in [0.717, 1.165) is 12.1 Å². The fourth-order valence-electron chi connectivity index (χ4n) is 2.24. The minimum atomic E-state index is -0.513. The maximum Gasteiger partial charge on any atom is 0.410 e. The zero-order valence-corrected chi connectivity index (χ0v) is 12.4. The first-order valence-electron chi connectivity index (χ1n) is 6.84. The van der Waals surface area contributed by atoms with Crippen LogP contribution >= 0.6 is 0 Å². The normalized spacial score (nSPS) is 18.6. The second kappa shape index (κ2) is 5.67. The fraction of sp³-hybridized carbons (Fsp3) is 0.571. The number of nitrogens with zero attached hydrogens (tertiary/aromatic N) is 3. The third-order valence-corrected chi connectivity index (χ3v) is 3.24. The first-order valence-corrected chi connectivity index (χ1v) is 6.84. The molecular weight excluding hydrogens is 274 g/mol. The lowest BCUT2D eigenvalue weighted by Gasteiger charge is -2.24. The van der Waals surface area contributed by atoms with Crippen molar-refractivity contribution in [3.05, 3.63) is 34.1 Å². The maximum atomic E-state index is 12.0. The summed E-state index contributed by atoms with van der Waals surface area (Å²) in [7, 11) is 0. The number of amides is 1. The highest BCUT2D eigenvalue weighted by atomic mass is 16.6. The number of carbonyl (C=O) groups excluding carboxylic acids is 1. The lowest BCUT2D eigenvalue weighted by atomic mass is 10.0. The summed E-state index contributed by atoms with van der Waals surface area (Å²) in [4.78, 5) is 27.9. The summed E-state index contributed by atoms with van der Waals surface area (Å²) in [6.07, 6.45) is 1.71. The van der Waals surface area contributed by atoms with E-state index < -0.39 is 10.5 Å². The molecule has 1 aliphatic heterocycles. The van der Waals surface area contributed by atoms with E-state index in [1.165, 1.54) is 12.3 Å². The molecule has 0 saturated carbocycles. The van der Waals surface area contributed by atoms with Crippen molar-refractivity contribution in [2.24, 2.45) is 0 Å². The van der Waals surface area contributed by atoms with E-state index in [1.54, 1.807) is 11.0 Å². The van der Waals surface area contributed by atoms with Gasteiger partial charge in [-0.1, -0.05) is 0 Å². The van der Waals surface area contributed by atoms with Gasteiger partial charge < -0.3 is 9.64 Å². The molecule has 1 saturated heterocycles. The Bertz CT molecular complexity index is 536. The fourth-order valence-corrected chi connectivity index (χ4v) is 2.24. The van der Waals surface area contributed by atoms with E-state index >= 15 is 0 Å². The second-order valence-corrected chi connectivity index (χ2v) is 6.11. The van der Waals surface area contributed by atoms with Crippen molar-refractivity contribution < 1.29 is 14.5 Å². The van der Waals surface area contributed by atoms with Gasteiger partial charge in [0, 0.05) is 30.8 Å². The van der Waals surface area contributed by atoms with Crippen LogP contribution in [0.25, 0.3) is 0 Å². The lowest BCUT2D eigenvalue weighted by Crippen LogP contribution is -2.35. The Labute approximate surface area is 123 Å². The summed E-state index contributed by atoms with van der Waals surface area (Å²) in [6.45, 7) is 6.63. The molecule has 21 heavy (non-hydrogen) atoms. The van der Waals surface area contributed by atoms with Crippen LogP contribution in [0.15, 0.2) is 18.3 Å². The molecule has 1 fully saturated rings. The van der Waals surface area contributed by atoms with Crippen molar-refractivity contribution in [2.75, 3.05) is 13.1 Å². The van der Waals surface area contributed by atoms with Crippen LogP contribution < -0.4 is 0 Å². The molecule has 0 spiro atoms. The summed E-state index contributed by atoms with van der Waals surface area (Å²) in [5.74, 6) is 0.0957. The van der Waals surface area contributed by atoms with Gasteiger partial charge in [0.2, 0.25) is 0 Å². The van der Waals surface area contributed by atoms with Crippen molar-refractivity contribution in [1.82, 2.24) is 9.88 Å². The maximum absolute atomic E-state index is 12.0. The van der Waals surface area contributed by atoms with E-state index in [4.69, 9.17) is 4.74 Å². The van der Waals surface area contributed by atoms with Crippen molar-refractivity contribution in [3.8, 4) is 0 Å². The molecular formula is C14H19N3O4. The molecule has 0 N–H and O–H groups in total. The Morgan fingerprint density at radius 2 is 2.19 bits per heavy atom. The van der Waals surface area contributed by atoms with Gasteiger partial charge in [-0.15, -0.1) is 0 Å². The largest absolute Gasteiger partial charge is 0.444 e. The van der Waals surface area contributed by atoms with E-state index in [2.05, 4.69) is 4.98 Å². The van der Waals surface area contributed by atoms with Crippen molar-refractivity contribution in [2.45, 2.75) is 38.7 Å². The monoisotopic (exact) mass is 293 g/mol. The second-order valence-electron chi connectivity index (χ2n) is 6.11. The average Bonchev–Trinajstić information content (AvgIpc) is 2.86. The van der Waals surface area contributed by atoms with Crippen LogP contribution in [0.5, 0.6) is 0 Å². The first kappa shape index (κ1) is 15.2. The van der Waals surface area contributed by atoms with Crippen LogP contribution in [-0.2, 0) is 4.74 Å². The van der Waals surface area contributed by atoms with Gasteiger partial charge in [-0.25, -0.2) is 4.79 Å². The van der Waals surface area contributed by atoms with Gasteiger partial charge in [0.15, 0.2) is 0 Å². The van der Waals surface area contributed by atoms with Gasteiger partial charge in [-0.05, 0) is 33.3 Å². The Morgan fingerprint density at radius 1 is 1.48 bits per heavy atom. The zero-order valence-electron chi connectivity index (χ0n) is 12.4. The molecule has 2 heterocycles. The summed E-state index contributed by atoms with van der Waals surface area (Å²) in [5, 5.41) is 10.6. The Balaban J connectivity index is 1.99. The Morgan fingerprint density at radius 3 is 2.71 bits per heavy atom. The van der Waals surface area contributed by atoms with Crippen LogP contribution in [0.4, 0.5) is 10.5 Å². The molecule has 0 aliphatic carbocycles. The molecule has 0 radical (unpaired) electrons. The topological polar surface area (TPSA) is 85.6 Å². The highest BCUT2D eigenvalue weighted by Crippen LogP contribution is 2.27. The first-order chi connectivity index (χ1) is 9.76. The summed E-state index contributed by atoms with van der Waals surface area (Å²) in [6, 6.07) is 3.10. The van der Waals surface area contributed by atoms with E-state index in [0.29, 0.717) is 13.1 Å². The predicted octanol–water partition coefficient (Wildman–Crippen LogP) is 2.71. The predicted molar refractivity (Wildman–Crippen MR) is 76.1 cm³/mol. The van der Waals surface area contributed by atoms with Crippen LogP contribution in [0, 0.1) is 10.1 Å². The number of nitro groups is 1. The van der Waals surface area contributed by atoms with Crippen LogP contribution in [0.2, 0.25) is 0 Å². The Hall–Kier alpha value is -2.18. The van der Waals surface area contributed by atoms with Gasteiger partial charge in [0.05, 0.1) is 4.92 Å². The molecule has 0 aromatic carbocycles. The third-order valence-electron chi connectivity index (χ3n) is 3.24. The molecule has 1 aliphatic rings. The lowest BCUT2D eigenvalue weighted by molar-refractivity contribution is -0.385. The Kier molecular flexibility index (Phi) is 4.11. The highest BCUT2D eigenvalue weighted by Gasteiger charge is 2.31. The van der Waals surface area contributed by atoms with Gasteiger partial charge in [0.1, 0.15) is 11.8 Å². The molecule has 114 valence electrons. The third kappa shape index (κ3) is 3.90. The summed E-state index contributed by atoms with van der Waals surface area (Å²) >= 11 is 0. The molecule has 1 amide bonds. The zero-order chi connectivity index (χ0) is 15.6. The quantitative estimate of drug-likeness (QED) is 0.618. The minimum Gasteiger partial charge on any atom is -0.444 e. The molecule has 1 atom stereocenters. The number of rotatable bonds is 2. The number of hydrogen-bond donors (Lipinski definition) is 0. The van der Waals surface area contributed by atoms with E-state index in [9.17, 15) is 14.9 Å². The standard InChI is InChI=1S/C14H19N3O4/c1-14(2,3)21-13(18)16-7-6-10(9-16)12-5-4-11(8-15-12)17(19)20/h4-5,8,10H,6-7,9H2,1-3H3/t10-/m0/s1. The minimum absolute atomic E-state index is 0.0271. The number of aromatic nitrogens is 1. The van der Waals surface area contributed by atoms with E-state index in [-0.39, 0.29) is 17.7 Å². The molecule has 0 unspecified atom stereocenters. The number of ether oxygens (including phenoxy) is 1. The van der Waals surface area contributed by atoms with Crippen LogP contribution in [0.3, 0.4) is 0 Å². The number of carbonyl (C=O) groups is 1. The van der Waals surface area contributed by atoms with Crippen molar-refractivity contribution in [1.29, 1.82) is 0 Å². The smallest absolute Gasteiger partial charge is 0.410 e. The molecule has 7 heteroatoms. The highest BCUT2D eigenvalue weighted by molar-refractivity contribution is 5.68. The molecule has 2 rings (SSSR count). The van der Waals surface area contributed by atoms with Crippen LogP contribution in [-0.4, -0.2) is 39.6 Å². The summed E-state index contributed by atoms with van der Waals surface area (Å²) < 4.78 is 5.33. The van der Waals surface area contributed by atoms with Gasteiger partial charge in [0.25, 0.3) is 5.69 Å². The number of hydrogen-bond acceptors (Lipinski definition) is 5. The van der Waals surface area contributed by atoms with Gasteiger partial charge in [-0.2, -0.15) is 0 Å². The van der Waals surface area contributed by atoms with Crippen molar-refractivity contribution in [3.63, 3.8) is 0 Å². The molecule has 0 bridgehead atoms. The van der Waals surface area contributed by atoms with Gasteiger partial charge in [-0.3, -0.25) is 15.1 Å². The SMILES string of the molecule is CC(C)(C)OC(=O)N1CC[C@H](c2ccc([N+](=O)[O-])cn2)C1. The van der Waals surface area contributed by atoms with Crippen molar-refractivity contribution >= 4 is 11.8 Å². The number of pyridine rings is 1. The number of likely N-dealkylation sites (tertiary alicyclic amines) is 1. The molecule has 1 aromatic heterocycles. The summed E-state index contributed by atoms with van der Waals surface area (Å²) in [5.41, 5.74) is 0.230. The van der Waals surface area contributed by atoms with E-state index in [1.807, 2.05) is 20.8 Å². The molecule has 7 nitrogen and oxygen atoms in total. The van der Waals surface area contributed by atoms with Crippen LogP contribution in [0.1, 0.15) is 38.8 Å². The molecule has 1 aromatic rings. The average molecular weight is 293 g/mol. The van der Waals surface area contributed by atoms with Gasteiger partial charge >= 0.3 is 6.09 Å².